The molecule has 0 saturated carbocycles. The first kappa shape index (κ1) is 25.2. The number of rotatable bonds is 8. The van der Waals surface area contributed by atoms with Crippen LogP contribution in [0.2, 0.25) is 5.02 Å². The number of aromatic nitrogens is 3. The lowest BCUT2D eigenvalue weighted by Gasteiger charge is -2.27. The Bertz CT molecular complexity index is 1410. The largest absolute Gasteiger partial charge is 0.508 e. The van der Waals surface area contributed by atoms with Gasteiger partial charge >= 0.3 is 0 Å². The maximum absolute atomic E-state index is 14.2. The summed E-state index contributed by atoms with van der Waals surface area (Å²) in [5.74, 6) is 0.919. The fraction of sp³-hybridized carbons (Fsp3) is 0.154. The summed E-state index contributed by atoms with van der Waals surface area (Å²) in [7, 11) is 0. The fourth-order valence-electron chi connectivity index (χ4n) is 3.67. The van der Waals surface area contributed by atoms with Gasteiger partial charge in [0.05, 0.1) is 43.2 Å². The molecule has 0 unspecified atom stereocenters. The first-order chi connectivity index (χ1) is 18.5. The lowest BCUT2D eigenvalue weighted by Crippen LogP contribution is -2.37. The van der Waals surface area contributed by atoms with Crippen molar-refractivity contribution in [1.82, 2.24) is 15.0 Å². The van der Waals surface area contributed by atoms with Gasteiger partial charge in [0, 0.05) is 35.9 Å². The van der Waals surface area contributed by atoms with Crippen LogP contribution in [0, 0.1) is 5.82 Å². The Morgan fingerprint density at radius 3 is 2.68 bits per heavy atom. The van der Waals surface area contributed by atoms with E-state index in [-0.39, 0.29) is 17.5 Å². The molecule has 0 spiro atoms. The topological polar surface area (TPSA) is 117 Å². The summed E-state index contributed by atoms with van der Waals surface area (Å²) in [6.07, 6.45) is 4.29. The first-order valence-corrected chi connectivity index (χ1v) is 12.0. The van der Waals surface area contributed by atoms with Crippen LogP contribution >= 0.6 is 11.6 Å². The van der Waals surface area contributed by atoms with Gasteiger partial charge in [-0.15, -0.1) is 0 Å². The summed E-state index contributed by atoms with van der Waals surface area (Å²) in [6.45, 7) is 2.17. The summed E-state index contributed by atoms with van der Waals surface area (Å²) in [4.78, 5) is 14.4. The van der Waals surface area contributed by atoms with Crippen molar-refractivity contribution in [2.45, 2.75) is 0 Å². The number of morpholine rings is 1. The molecule has 2 aromatic heterocycles. The number of aromatic hydroxyl groups is 1. The second-order valence-electron chi connectivity index (χ2n) is 8.21. The molecule has 3 N–H and O–H groups in total. The van der Waals surface area contributed by atoms with E-state index in [1.165, 1.54) is 18.3 Å². The maximum atomic E-state index is 14.2. The standard InChI is InChI=1S/C26H23ClFN7O3/c27-17-10-21(36)13-23(11-17)38-22-3-1-2-18(12-22)32-20-5-4-19(29-14-20)15-31-34-26-30-16-24(28)25(33-26)35-6-8-37-9-7-35/h1-5,10-16,32,36H,6-9H2,(H,30,33,34)/b31-15+. The van der Waals surface area contributed by atoms with Crippen molar-refractivity contribution in [2.75, 3.05) is 41.9 Å². The van der Waals surface area contributed by atoms with Crippen molar-refractivity contribution in [1.29, 1.82) is 0 Å². The molecule has 10 nitrogen and oxygen atoms in total. The molecule has 0 amide bonds. The van der Waals surface area contributed by atoms with Crippen molar-refractivity contribution >= 4 is 41.0 Å². The maximum Gasteiger partial charge on any atom is 0.245 e. The third-order valence-corrected chi connectivity index (χ3v) is 5.62. The highest BCUT2D eigenvalue weighted by molar-refractivity contribution is 6.30. The van der Waals surface area contributed by atoms with Gasteiger partial charge in [-0.3, -0.25) is 4.98 Å². The molecule has 0 aliphatic carbocycles. The minimum absolute atomic E-state index is 0.0228. The number of hydrogen-bond donors (Lipinski definition) is 3. The van der Waals surface area contributed by atoms with E-state index in [0.717, 1.165) is 17.6 Å². The summed E-state index contributed by atoms with van der Waals surface area (Å²) < 4.78 is 25.3. The smallest absolute Gasteiger partial charge is 0.245 e. The molecule has 194 valence electrons. The molecule has 1 saturated heterocycles. The van der Waals surface area contributed by atoms with Crippen molar-refractivity contribution in [3.63, 3.8) is 0 Å². The fourth-order valence-corrected chi connectivity index (χ4v) is 3.89. The van der Waals surface area contributed by atoms with Crippen LogP contribution in [0.3, 0.4) is 0 Å². The number of ether oxygens (including phenoxy) is 2. The van der Waals surface area contributed by atoms with Crippen molar-refractivity contribution in [3.8, 4) is 17.2 Å². The van der Waals surface area contributed by atoms with E-state index < -0.39 is 5.82 Å². The van der Waals surface area contributed by atoms with Gasteiger partial charge in [-0.05, 0) is 36.4 Å². The number of nitrogens with one attached hydrogen (secondary N) is 2. The molecule has 1 aliphatic heterocycles. The van der Waals surface area contributed by atoms with Crippen LogP contribution in [0.25, 0.3) is 0 Å². The van der Waals surface area contributed by atoms with Gasteiger partial charge in [0.2, 0.25) is 5.95 Å². The van der Waals surface area contributed by atoms with E-state index in [0.29, 0.717) is 48.5 Å². The number of halogens is 2. The lowest BCUT2D eigenvalue weighted by atomic mass is 10.2. The summed E-state index contributed by atoms with van der Waals surface area (Å²) >= 11 is 5.97. The van der Waals surface area contributed by atoms with Crippen LogP contribution in [0.1, 0.15) is 5.69 Å². The number of pyridine rings is 1. The van der Waals surface area contributed by atoms with Gasteiger partial charge in [-0.25, -0.2) is 14.8 Å². The van der Waals surface area contributed by atoms with Gasteiger partial charge in [-0.1, -0.05) is 17.7 Å². The molecule has 2 aromatic carbocycles. The van der Waals surface area contributed by atoms with E-state index in [1.54, 1.807) is 24.4 Å². The van der Waals surface area contributed by atoms with Gasteiger partial charge in [0.25, 0.3) is 0 Å². The van der Waals surface area contributed by atoms with Crippen LogP contribution in [0.5, 0.6) is 17.2 Å². The molecule has 4 aromatic rings. The van der Waals surface area contributed by atoms with E-state index in [2.05, 4.69) is 30.8 Å². The molecule has 1 aliphatic rings. The molecule has 12 heteroatoms. The molecule has 38 heavy (non-hydrogen) atoms. The summed E-state index contributed by atoms with van der Waals surface area (Å²) in [5, 5.41) is 17.5. The zero-order valence-electron chi connectivity index (χ0n) is 20.0. The van der Waals surface area contributed by atoms with Crippen molar-refractivity contribution in [2.24, 2.45) is 5.10 Å². The number of phenols is 1. The average molecular weight is 536 g/mol. The van der Waals surface area contributed by atoms with E-state index in [9.17, 15) is 9.50 Å². The number of benzene rings is 2. The Balaban J connectivity index is 1.18. The molecule has 1 fully saturated rings. The molecular formula is C26H23ClFN7O3. The highest BCUT2D eigenvalue weighted by Crippen LogP contribution is 2.30. The SMILES string of the molecule is Oc1cc(Cl)cc(Oc2cccc(Nc3ccc(/C=N/Nc4ncc(F)c(N5CCOCC5)n4)nc3)c2)c1. The van der Waals surface area contributed by atoms with Crippen LogP contribution < -0.4 is 20.4 Å². The molecule has 0 bridgehead atoms. The van der Waals surface area contributed by atoms with Gasteiger partial charge in [0.15, 0.2) is 11.6 Å². The average Bonchev–Trinajstić information content (AvgIpc) is 2.91. The minimum Gasteiger partial charge on any atom is -0.508 e. The number of nitrogens with zero attached hydrogens (tertiary/aromatic N) is 5. The van der Waals surface area contributed by atoms with Crippen LogP contribution in [-0.2, 0) is 4.74 Å². The van der Waals surface area contributed by atoms with Gasteiger partial charge < -0.3 is 24.8 Å². The van der Waals surface area contributed by atoms with Crippen molar-refractivity contribution in [3.05, 3.63) is 83.5 Å². The number of hydrogen-bond acceptors (Lipinski definition) is 10. The predicted octanol–water partition coefficient (Wildman–Crippen LogP) is 5.19. The Kier molecular flexibility index (Phi) is 7.76. The second kappa shape index (κ2) is 11.7. The van der Waals surface area contributed by atoms with Crippen LogP contribution in [-0.4, -0.2) is 52.6 Å². The van der Waals surface area contributed by atoms with Crippen molar-refractivity contribution < 1.29 is 19.0 Å². The molecular weight excluding hydrogens is 513 g/mol. The molecule has 0 atom stereocenters. The zero-order valence-corrected chi connectivity index (χ0v) is 20.8. The van der Waals surface area contributed by atoms with E-state index in [1.807, 2.05) is 29.2 Å². The zero-order chi connectivity index (χ0) is 26.3. The Morgan fingerprint density at radius 1 is 1.03 bits per heavy atom. The summed E-state index contributed by atoms with van der Waals surface area (Å²) in [6, 6.07) is 15.5. The van der Waals surface area contributed by atoms with Crippen LogP contribution in [0.15, 0.2) is 72.1 Å². The molecule has 3 heterocycles. The number of hydrazone groups is 1. The van der Waals surface area contributed by atoms with Gasteiger partial charge in [0.1, 0.15) is 17.2 Å². The first-order valence-electron chi connectivity index (χ1n) is 11.7. The highest BCUT2D eigenvalue weighted by Gasteiger charge is 2.17. The highest BCUT2D eigenvalue weighted by atomic mass is 35.5. The molecule has 5 rings (SSSR count). The third kappa shape index (κ3) is 6.64. The minimum atomic E-state index is -0.493. The lowest BCUT2D eigenvalue weighted by molar-refractivity contribution is 0.122. The number of phenolic OH excluding ortho intramolecular Hbond substituents is 1. The summed E-state index contributed by atoms with van der Waals surface area (Å²) in [5.41, 5.74) is 4.85. The molecule has 0 radical (unpaired) electrons. The Labute approximate surface area is 222 Å². The third-order valence-electron chi connectivity index (χ3n) is 5.40. The monoisotopic (exact) mass is 535 g/mol. The second-order valence-corrected chi connectivity index (χ2v) is 8.64. The van der Waals surface area contributed by atoms with Gasteiger partial charge in [-0.2, -0.15) is 10.1 Å². The Morgan fingerprint density at radius 2 is 1.89 bits per heavy atom. The quantitative estimate of drug-likeness (QED) is 0.207. The Hall–Kier alpha value is -4.48. The normalized spacial score (nSPS) is 13.5. The van der Waals surface area contributed by atoms with E-state index in [4.69, 9.17) is 21.1 Å². The van der Waals surface area contributed by atoms with Crippen LogP contribution in [0.4, 0.5) is 27.5 Å². The predicted molar refractivity (Wildman–Crippen MR) is 143 cm³/mol. The van der Waals surface area contributed by atoms with E-state index >= 15 is 0 Å². The number of anilines is 4.